The number of rotatable bonds is 8. The van der Waals surface area contributed by atoms with E-state index in [4.69, 9.17) is 4.74 Å². The van der Waals surface area contributed by atoms with Crippen molar-refractivity contribution in [3.8, 4) is 5.75 Å². The first-order valence-corrected chi connectivity index (χ1v) is 11.5. The molecule has 0 saturated heterocycles. The van der Waals surface area contributed by atoms with Gasteiger partial charge in [-0.25, -0.2) is 0 Å². The van der Waals surface area contributed by atoms with E-state index >= 15 is 0 Å². The SMILES string of the molecule is Cc1ccc(OCCNc2ccccc2)cc1C(=O)NC1(c2cccc3ccccc23)CC1. The van der Waals surface area contributed by atoms with Crippen LogP contribution in [0.3, 0.4) is 0 Å². The molecule has 5 rings (SSSR count). The van der Waals surface area contributed by atoms with Gasteiger partial charge in [-0.15, -0.1) is 0 Å². The minimum atomic E-state index is -0.291. The summed E-state index contributed by atoms with van der Waals surface area (Å²) in [6.45, 7) is 3.16. The van der Waals surface area contributed by atoms with Gasteiger partial charge in [0.15, 0.2) is 0 Å². The van der Waals surface area contributed by atoms with Crippen molar-refractivity contribution in [3.05, 3.63) is 108 Å². The average molecular weight is 437 g/mol. The lowest BCUT2D eigenvalue weighted by molar-refractivity contribution is 0.0930. The topological polar surface area (TPSA) is 50.4 Å². The number of amides is 1. The summed E-state index contributed by atoms with van der Waals surface area (Å²) in [4.78, 5) is 13.3. The molecule has 0 spiro atoms. The second-order valence-corrected chi connectivity index (χ2v) is 8.68. The number of ether oxygens (including phenoxy) is 1. The second kappa shape index (κ2) is 8.99. The zero-order chi connectivity index (χ0) is 22.7. The van der Waals surface area contributed by atoms with Crippen molar-refractivity contribution in [2.75, 3.05) is 18.5 Å². The monoisotopic (exact) mass is 436 g/mol. The van der Waals surface area contributed by atoms with Crippen molar-refractivity contribution in [1.29, 1.82) is 0 Å². The van der Waals surface area contributed by atoms with Crippen molar-refractivity contribution in [2.24, 2.45) is 0 Å². The molecule has 1 saturated carbocycles. The Morgan fingerprint density at radius 3 is 2.48 bits per heavy atom. The summed E-state index contributed by atoms with van der Waals surface area (Å²) in [5.74, 6) is 0.654. The molecule has 2 N–H and O–H groups in total. The molecule has 4 aromatic carbocycles. The summed E-state index contributed by atoms with van der Waals surface area (Å²) in [5.41, 5.74) is 3.58. The zero-order valence-corrected chi connectivity index (χ0v) is 18.8. The number of para-hydroxylation sites is 1. The summed E-state index contributed by atoms with van der Waals surface area (Å²) < 4.78 is 5.92. The Balaban J connectivity index is 1.27. The zero-order valence-electron chi connectivity index (χ0n) is 18.8. The normalized spacial score (nSPS) is 14.0. The summed E-state index contributed by atoms with van der Waals surface area (Å²) in [5, 5.41) is 9.08. The predicted octanol–water partition coefficient (Wildman–Crippen LogP) is 6.06. The van der Waals surface area contributed by atoms with Gasteiger partial charge in [0, 0.05) is 17.8 Å². The lowest BCUT2D eigenvalue weighted by Gasteiger charge is -2.21. The van der Waals surface area contributed by atoms with Gasteiger partial charge in [0.1, 0.15) is 12.4 Å². The number of hydrogen-bond acceptors (Lipinski definition) is 3. The molecule has 4 aromatic rings. The highest BCUT2D eigenvalue weighted by atomic mass is 16.5. The second-order valence-electron chi connectivity index (χ2n) is 8.68. The van der Waals surface area contributed by atoms with Crippen LogP contribution in [0.1, 0.15) is 34.3 Å². The molecule has 1 aliphatic rings. The molecule has 0 radical (unpaired) electrons. The molecule has 1 fully saturated rings. The van der Waals surface area contributed by atoms with Gasteiger partial charge >= 0.3 is 0 Å². The standard InChI is InChI=1S/C29H28N2O2/c1-21-14-15-24(33-19-18-30-23-10-3-2-4-11-23)20-26(21)28(32)31-29(16-17-29)27-13-7-9-22-8-5-6-12-25(22)27/h2-15,20,30H,16-19H2,1H3,(H,31,32). The number of anilines is 1. The number of nitrogens with one attached hydrogen (secondary N) is 2. The van der Waals surface area contributed by atoms with Gasteiger partial charge in [0.2, 0.25) is 0 Å². The molecule has 0 atom stereocenters. The number of benzene rings is 4. The van der Waals surface area contributed by atoms with Crippen molar-refractivity contribution >= 4 is 22.4 Å². The number of aryl methyl sites for hydroxylation is 1. The number of fused-ring (bicyclic) bond motifs is 1. The van der Waals surface area contributed by atoms with Crippen molar-refractivity contribution in [3.63, 3.8) is 0 Å². The van der Waals surface area contributed by atoms with Crippen molar-refractivity contribution in [2.45, 2.75) is 25.3 Å². The lowest BCUT2D eigenvalue weighted by atomic mass is 9.96. The fourth-order valence-corrected chi connectivity index (χ4v) is 4.37. The Labute approximate surface area is 194 Å². The van der Waals surface area contributed by atoms with Crippen LogP contribution in [0.5, 0.6) is 5.75 Å². The Morgan fingerprint density at radius 1 is 0.909 bits per heavy atom. The van der Waals surface area contributed by atoms with E-state index in [0.717, 1.165) is 24.1 Å². The maximum Gasteiger partial charge on any atom is 0.252 e. The number of carbonyl (C=O) groups excluding carboxylic acids is 1. The molecule has 4 heteroatoms. The summed E-state index contributed by atoms with van der Waals surface area (Å²) in [7, 11) is 0. The molecule has 0 bridgehead atoms. The van der Waals surface area contributed by atoms with Crippen LogP contribution in [0, 0.1) is 6.92 Å². The van der Waals surface area contributed by atoms with E-state index in [1.54, 1.807) is 0 Å². The first kappa shape index (κ1) is 21.1. The van der Waals surface area contributed by atoms with E-state index in [9.17, 15) is 4.79 Å². The van der Waals surface area contributed by atoms with Crippen LogP contribution < -0.4 is 15.4 Å². The van der Waals surface area contributed by atoms with Gasteiger partial charge in [-0.3, -0.25) is 4.79 Å². The van der Waals surface area contributed by atoms with Gasteiger partial charge in [-0.1, -0.05) is 66.7 Å². The highest BCUT2D eigenvalue weighted by Gasteiger charge is 2.46. The van der Waals surface area contributed by atoms with Gasteiger partial charge in [0.05, 0.1) is 5.54 Å². The van der Waals surface area contributed by atoms with Crippen molar-refractivity contribution in [1.82, 2.24) is 5.32 Å². The Hall–Kier alpha value is -3.79. The molecule has 166 valence electrons. The van der Waals surface area contributed by atoms with Gasteiger partial charge in [-0.05, 0) is 65.9 Å². The maximum atomic E-state index is 13.3. The van der Waals surface area contributed by atoms with Gasteiger partial charge < -0.3 is 15.4 Å². The predicted molar refractivity (Wildman–Crippen MR) is 134 cm³/mol. The minimum absolute atomic E-state index is 0.0502. The van der Waals surface area contributed by atoms with Crippen LogP contribution in [-0.4, -0.2) is 19.1 Å². The maximum absolute atomic E-state index is 13.3. The quantitative estimate of drug-likeness (QED) is 0.330. The molecular weight excluding hydrogens is 408 g/mol. The Morgan fingerprint density at radius 2 is 1.67 bits per heavy atom. The van der Waals surface area contributed by atoms with Crippen LogP contribution in [-0.2, 0) is 5.54 Å². The summed E-state index contributed by atoms with van der Waals surface area (Å²) in [6, 6.07) is 30.5. The highest BCUT2D eigenvalue weighted by Crippen LogP contribution is 2.48. The molecule has 0 unspecified atom stereocenters. The van der Waals surface area contributed by atoms with Crippen LogP contribution in [0.15, 0.2) is 91.0 Å². The van der Waals surface area contributed by atoms with E-state index in [-0.39, 0.29) is 11.4 Å². The van der Waals surface area contributed by atoms with Crippen LogP contribution in [0.4, 0.5) is 5.69 Å². The molecule has 1 aliphatic carbocycles. The summed E-state index contributed by atoms with van der Waals surface area (Å²) >= 11 is 0. The molecule has 1 amide bonds. The van der Waals surface area contributed by atoms with Gasteiger partial charge in [-0.2, -0.15) is 0 Å². The first-order valence-electron chi connectivity index (χ1n) is 11.5. The smallest absolute Gasteiger partial charge is 0.252 e. The van der Waals surface area contributed by atoms with E-state index in [0.29, 0.717) is 24.5 Å². The average Bonchev–Trinajstić information content (AvgIpc) is 3.63. The Kier molecular flexibility index (Phi) is 5.74. The first-order chi connectivity index (χ1) is 16.1. The highest BCUT2D eigenvalue weighted by molar-refractivity contribution is 5.97. The summed E-state index contributed by atoms with van der Waals surface area (Å²) in [6.07, 6.45) is 1.90. The largest absolute Gasteiger partial charge is 0.492 e. The van der Waals surface area contributed by atoms with E-state index < -0.39 is 0 Å². The molecule has 33 heavy (non-hydrogen) atoms. The third-order valence-corrected chi connectivity index (χ3v) is 6.34. The molecule has 0 heterocycles. The van der Waals surface area contributed by atoms with Crippen LogP contribution in [0.25, 0.3) is 10.8 Å². The van der Waals surface area contributed by atoms with Crippen LogP contribution >= 0.6 is 0 Å². The molecule has 0 aromatic heterocycles. The fraction of sp³-hybridized carbons (Fsp3) is 0.207. The number of carbonyl (C=O) groups is 1. The van der Waals surface area contributed by atoms with E-state index in [2.05, 4.69) is 53.1 Å². The van der Waals surface area contributed by atoms with Crippen molar-refractivity contribution < 1.29 is 9.53 Å². The van der Waals surface area contributed by atoms with E-state index in [1.807, 2.05) is 55.5 Å². The number of hydrogen-bond donors (Lipinski definition) is 2. The molecule has 0 aliphatic heterocycles. The minimum Gasteiger partial charge on any atom is -0.492 e. The molecule has 4 nitrogen and oxygen atoms in total. The lowest BCUT2D eigenvalue weighted by Crippen LogP contribution is -2.35. The van der Waals surface area contributed by atoms with Crippen LogP contribution in [0.2, 0.25) is 0 Å². The van der Waals surface area contributed by atoms with E-state index in [1.165, 1.54) is 16.3 Å². The van der Waals surface area contributed by atoms with Gasteiger partial charge in [0.25, 0.3) is 5.91 Å². The third kappa shape index (κ3) is 4.56. The Bertz CT molecular complexity index is 1270. The molecular formula is C29H28N2O2. The fourth-order valence-electron chi connectivity index (χ4n) is 4.37. The third-order valence-electron chi connectivity index (χ3n) is 6.34.